The van der Waals surface area contributed by atoms with Gasteiger partial charge in [0.05, 0.1) is 17.4 Å². The van der Waals surface area contributed by atoms with Gasteiger partial charge in [0.15, 0.2) is 0 Å². The number of amides is 1. The Morgan fingerprint density at radius 1 is 1.44 bits per heavy atom. The minimum atomic E-state index is -3.72. The third-order valence-corrected chi connectivity index (χ3v) is 3.36. The van der Waals surface area contributed by atoms with E-state index in [1.54, 1.807) is 13.8 Å². The molecular weight excluding hydrogens is 256 g/mol. The highest BCUT2D eigenvalue weighted by molar-refractivity contribution is 7.89. The normalized spacial score (nSPS) is 13.1. The van der Waals surface area contributed by atoms with Gasteiger partial charge in [-0.1, -0.05) is 6.92 Å². The van der Waals surface area contributed by atoms with Crippen molar-refractivity contribution < 1.29 is 17.9 Å². The molecule has 1 unspecified atom stereocenters. The van der Waals surface area contributed by atoms with E-state index in [0.29, 0.717) is 11.3 Å². The number of benzene rings is 1. The lowest BCUT2D eigenvalue weighted by atomic mass is 10.2. The average Bonchev–Trinajstić information content (AvgIpc) is 2.25. The molecule has 1 rings (SSSR count). The number of hydrogen-bond acceptors (Lipinski definition) is 4. The second-order valence-electron chi connectivity index (χ2n) is 4.09. The number of carbonyl (C=O) groups is 1. The molecule has 0 saturated carbocycles. The Bertz CT molecular complexity index is 554. The Labute approximate surface area is 106 Å². The largest absolute Gasteiger partial charge is 0.493 e. The maximum absolute atomic E-state index is 11.1. The van der Waals surface area contributed by atoms with Crippen LogP contribution in [0.2, 0.25) is 0 Å². The van der Waals surface area contributed by atoms with E-state index in [2.05, 4.69) is 0 Å². The molecule has 0 spiro atoms. The molecule has 0 bridgehead atoms. The molecule has 0 aliphatic rings. The number of nitrogens with two attached hydrogens (primary N) is 2. The number of rotatable bonds is 5. The summed E-state index contributed by atoms with van der Waals surface area (Å²) in [6.07, 6.45) is 0. The monoisotopic (exact) mass is 272 g/mol. The summed E-state index contributed by atoms with van der Waals surface area (Å²) in [6.45, 7) is 3.49. The first-order valence-electron chi connectivity index (χ1n) is 5.27. The third kappa shape index (κ3) is 3.71. The van der Waals surface area contributed by atoms with Crippen LogP contribution in [-0.4, -0.2) is 20.9 Å². The van der Waals surface area contributed by atoms with Crippen LogP contribution in [0.3, 0.4) is 0 Å². The number of hydrogen-bond donors (Lipinski definition) is 2. The molecule has 100 valence electrons. The van der Waals surface area contributed by atoms with Crippen LogP contribution in [0, 0.1) is 12.8 Å². The highest BCUT2D eigenvalue weighted by atomic mass is 32.2. The predicted octanol–water partition coefficient (Wildman–Crippen LogP) is 0.143. The summed E-state index contributed by atoms with van der Waals surface area (Å²) in [7, 11) is -3.72. The van der Waals surface area contributed by atoms with Gasteiger partial charge in [0.1, 0.15) is 5.75 Å². The van der Waals surface area contributed by atoms with Crippen LogP contribution in [0.15, 0.2) is 23.1 Å². The van der Waals surface area contributed by atoms with Crippen LogP contribution >= 0.6 is 0 Å². The van der Waals surface area contributed by atoms with Crippen molar-refractivity contribution in [3.8, 4) is 5.75 Å². The number of primary amides is 1. The molecule has 0 saturated heterocycles. The molecule has 1 aromatic rings. The van der Waals surface area contributed by atoms with E-state index in [9.17, 15) is 13.2 Å². The van der Waals surface area contributed by atoms with Crippen molar-refractivity contribution in [2.75, 3.05) is 6.61 Å². The first-order valence-corrected chi connectivity index (χ1v) is 6.82. The summed E-state index contributed by atoms with van der Waals surface area (Å²) in [5, 5.41) is 5.01. The number of primary sulfonamides is 1. The van der Waals surface area contributed by atoms with Crippen LogP contribution in [-0.2, 0) is 14.8 Å². The van der Waals surface area contributed by atoms with E-state index in [1.165, 1.54) is 18.2 Å². The molecule has 0 aliphatic carbocycles. The van der Waals surface area contributed by atoms with Crippen molar-refractivity contribution in [2.24, 2.45) is 16.8 Å². The Morgan fingerprint density at radius 3 is 2.50 bits per heavy atom. The van der Waals surface area contributed by atoms with Crippen LogP contribution in [0.4, 0.5) is 0 Å². The number of sulfonamides is 1. The van der Waals surface area contributed by atoms with Crippen molar-refractivity contribution in [1.82, 2.24) is 0 Å². The zero-order valence-electron chi connectivity index (χ0n) is 10.2. The van der Waals surface area contributed by atoms with Gasteiger partial charge in [0, 0.05) is 0 Å². The molecule has 0 aliphatic heterocycles. The molecular formula is C11H16N2O4S. The summed E-state index contributed by atoms with van der Waals surface area (Å²) in [5.74, 6) is -0.369. The zero-order chi connectivity index (χ0) is 13.9. The molecule has 18 heavy (non-hydrogen) atoms. The minimum Gasteiger partial charge on any atom is -0.493 e. The van der Waals surface area contributed by atoms with Crippen LogP contribution in [0.5, 0.6) is 5.75 Å². The molecule has 1 atom stereocenters. The highest BCUT2D eigenvalue weighted by Crippen LogP contribution is 2.21. The lowest BCUT2D eigenvalue weighted by Gasteiger charge is -2.12. The zero-order valence-corrected chi connectivity index (χ0v) is 11.0. The van der Waals surface area contributed by atoms with Gasteiger partial charge < -0.3 is 10.5 Å². The number of carbonyl (C=O) groups excluding carboxylic acids is 1. The summed E-state index contributed by atoms with van der Waals surface area (Å²) in [5.41, 5.74) is 5.73. The van der Waals surface area contributed by atoms with E-state index < -0.39 is 21.8 Å². The van der Waals surface area contributed by atoms with Gasteiger partial charge in [-0.25, -0.2) is 13.6 Å². The fraction of sp³-hybridized carbons (Fsp3) is 0.364. The standard InChI is InChI=1S/C11H16N2O4S/c1-7-5-9(18(13,15)16)3-4-10(7)17-6-8(2)11(12)14/h3-5,8H,6H2,1-2H3,(H2,12,14)(H2,13,15,16). The van der Waals surface area contributed by atoms with Gasteiger partial charge in [-0.3, -0.25) is 4.79 Å². The smallest absolute Gasteiger partial charge is 0.238 e. The van der Waals surface area contributed by atoms with Gasteiger partial charge >= 0.3 is 0 Å². The first kappa shape index (κ1) is 14.5. The van der Waals surface area contributed by atoms with Gasteiger partial charge in [0.2, 0.25) is 15.9 Å². The molecule has 1 aromatic carbocycles. The molecule has 0 heterocycles. The van der Waals surface area contributed by atoms with E-state index >= 15 is 0 Å². The maximum Gasteiger partial charge on any atom is 0.238 e. The molecule has 1 amide bonds. The van der Waals surface area contributed by atoms with Crippen LogP contribution in [0.1, 0.15) is 12.5 Å². The predicted molar refractivity (Wildman–Crippen MR) is 66.4 cm³/mol. The molecule has 0 fully saturated rings. The Balaban J connectivity index is 2.84. The first-order chi connectivity index (χ1) is 8.21. The quantitative estimate of drug-likeness (QED) is 0.793. The summed E-state index contributed by atoms with van der Waals surface area (Å²) in [6, 6.07) is 4.27. The van der Waals surface area contributed by atoms with Crippen molar-refractivity contribution in [1.29, 1.82) is 0 Å². The van der Waals surface area contributed by atoms with E-state index in [4.69, 9.17) is 15.6 Å². The van der Waals surface area contributed by atoms with Crippen molar-refractivity contribution in [3.05, 3.63) is 23.8 Å². The minimum absolute atomic E-state index is 0.0234. The van der Waals surface area contributed by atoms with E-state index in [1.807, 2.05) is 0 Å². The number of ether oxygens (including phenoxy) is 1. The summed E-state index contributed by atoms with van der Waals surface area (Å²) >= 11 is 0. The van der Waals surface area contributed by atoms with Gasteiger partial charge in [-0.15, -0.1) is 0 Å². The van der Waals surface area contributed by atoms with Gasteiger partial charge in [-0.05, 0) is 30.7 Å². The van der Waals surface area contributed by atoms with Crippen molar-refractivity contribution in [2.45, 2.75) is 18.7 Å². The Hall–Kier alpha value is -1.60. The molecule has 4 N–H and O–H groups in total. The molecule has 7 heteroatoms. The Kier molecular flexibility index (Phi) is 4.31. The molecule has 6 nitrogen and oxygen atoms in total. The second-order valence-corrected chi connectivity index (χ2v) is 5.65. The lowest BCUT2D eigenvalue weighted by Crippen LogP contribution is -2.25. The summed E-state index contributed by atoms with van der Waals surface area (Å²) in [4.78, 5) is 10.9. The topological polar surface area (TPSA) is 112 Å². The van der Waals surface area contributed by atoms with Crippen molar-refractivity contribution >= 4 is 15.9 Å². The average molecular weight is 272 g/mol. The maximum atomic E-state index is 11.1. The SMILES string of the molecule is Cc1cc(S(N)(=O)=O)ccc1OCC(C)C(N)=O. The van der Waals surface area contributed by atoms with E-state index in [-0.39, 0.29) is 11.5 Å². The van der Waals surface area contributed by atoms with Crippen molar-refractivity contribution in [3.63, 3.8) is 0 Å². The second kappa shape index (κ2) is 5.36. The van der Waals surface area contributed by atoms with E-state index in [0.717, 1.165) is 0 Å². The highest BCUT2D eigenvalue weighted by Gasteiger charge is 2.12. The number of aryl methyl sites for hydroxylation is 1. The fourth-order valence-electron chi connectivity index (χ4n) is 1.26. The Morgan fingerprint density at radius 2 is 2.06 bits per heavy atom. The van der Waals surface area contributed by atoms with Crippen LogP contribution < -0.4 is 15.6 Å². The molecule has 0 aromatic heterocycles. The third-order valence-electron chi connectivity index (χ3n) is 2.45. The fourth-order valence-corrected chi connectivity index (χ4v) is 1.86. The van der Waals surface area contributed by atoms with Crippen LogP contribution in [0.25, 0.3) is 0 Å². The molecule has 0 radical (unpaired) electrons. The van der Waals surface area contributed by atoms with Gasteiger partial charge in [0.25, 0.3) is 0 Å². The summed E-state index contributed by atoms with van der Waals surface area (Å²) < 4.78 is 27.6. The van der Waals surface area contributed by atoms with Gasteiger partial charge in [-0.2, -0.15) is 0 Å². The lowest BCUT2D eigenvalue weighted by molar-refractivity contribution is -0.122.